The first-order valence-electron chi connectivity index (χ1n) is 6.68. The van der Waals surface area contributed by atoms with E-state index in [-0.39, 0.29) is 0 Å². The van der Waals surface area contributed by atoms with Gasteiger partial charge in [-0.15, -0.1) is 0 Å². The van der Waals surface area contributed by atoms with E-state index in [1.165, 1.54) is 25.7 Å². The maximum atomic E-state index is 5.84. The van der Waals surface area contributed by atoms with Crippen LogP contribution in [0.2, 0.25) is 0 Å². The van der Waals surface area contributed by atoms with E-state index in [0.717, 1.165) is 32.3 Å². The van der Waals surface area contributed by atoms with Crippen molar-refractivity contribution in [3.05, 3.63) is 0 Å². The second-order valence-electron chi connectivity index (χ2n) is 4.30. The average molecular weight is 245 g/mol. The Labute approximate surface area is 101 Å². The van der Waals surface area contributed by atoms with Gasteiger partial charge in [-0.3, -0.25) is 0 Å². The number of nitrogens with one attached hydrogen (secondary N) is 3. The molecular weight excluding hydrogens is 218 g/mol. The fourth-order valence-corrected chi connectivity index (χ4v) is 3.61. The van der Waals surface area contributed by atoms with Crippen LogP contribution < -0.4 is 15.3 Å². The third-order valence-corrected chi connectivity index (χ3v) is 5.08. The molecule has 96 valence electrons. The lowest BCUT2D eigenvalue weighted by molar-refractivity contribution is 0.292. The normalized spacial score (nSPS) is 17.4. The zero-order valence-electron chi connectivity index (χ0n) is 10.7. The molecule has 0 heterocycles. The summed E-state index contributed by atoms with van der Waals surface area (Å²) in [5.41, 5.74) is 0. The topological polar surface area (TPSA) is 45.3 Å². The maximum Gasteiger partial charge on any atom is 0.335 e. The smallest absolute Gasteiger partial charge is 0.335 e. The summed E-state index contributed by atoms with van der Waals surface area (Å²) < 4.78 is 5.84. The van der Waals surface area contributed by atoms with Gasteiger partial charge in [0.05, 0.1) is 0 Å². The van der Waals surface area contributed by atoms with Crippen LogP contribution in [0.3, 0.4) is 0 Å². The van der Waals surface area contributed by atoms with Gasteiger partial charge in [0.15, 0.2) is 0 Å². The van der Waals surface area contributed by atoms with Gasteiger partial charge in [0.2, 0.25) is 0 Å². The molecule has 3 N–H and O–H groups in total. The highest BCUT2D eigenvalue weighted by Gasteiger charge is 2.14. The second kappa shape index (κ2) is 9.12. The van der Waals surface area contributed by atoms with Crippen molar-refractivity contribution >= 4 is 9.36 Å². The van der Waals surface area contributed by atoms with Crippen molar-refractivity contribution in [3.8, 4) is 0 Å². The van der Waals surface area contributed by atoms with Crippen LogP contribution in [-0.2, 0) is 4.43 Å². The number of rotatable bonds is 9. The quantitative estimate of drug-likeness (QED) is 0.408. The Morgan fingerprint density at radius 1 is 1.12 bits per heavy atom. The molecule has 1 aliphatic carbocycles. The molecule has 0 saturated heterocycles. The molecule has 0 aromatic carbocycles. The minimum absolute atomic E-state index is 0.752. The molecule has 0 spiro atoms. The van der Waals surface area contributed by atoms with Crippen LogP contribution in [-0.4, -0.2) is 41.6 Å². The molecule has 1 aliphatic rings. The van der Waals surface area contributed by atoms with E-state index in [1.54, 1.807) is 0 Å². The van der Waals surface area contributed by atoms with E-state index >= 15 is 0 Å². The summed E-state index contributed by atoms with van der Waals surface area (Å²) in [6.07, 6.45) is 5.48. The monoisotopic (exact) mass is 245 g/mol. The maximum absolute atomic E-state index is 5.84. The van der Waals surface area contributed by atoms with Crippen LogP contribution in [0.5, 0.6) is 0 Å². The molecule has 5 heteroatoms. The molecule has 16 heavy (non-hydrogen) atoms. The Morgan fingerprint density at radius 3 is 2.31 bits per heavy atom. The second-order valence-corrected chi connectivity index (χ2v) is 6.21. The van der Waals surface area contributed by atoms with Crippen molar-refractivity contribution in [2.75, 3.05) is 26.2 Å². The van der Waals surface area contributed by atoms with Crippen LogP contribution in [0.25, 0.3) is 0 Å². The van der Waals surface area contributed by atoms with Crippen LogP contribution in [0.1, 0.15) is 39.5 Å². The first kappa shape index (κ1) is 14.1. The van der Waals surface area contributed by atoms with E-state index in [2.05, 4.69) is 29.1 Å². The summed E-state index contributed by atoms with van der Waals surface area (Å²) in [4.78, 5) is 6.78. The number of hydrogen-bond donors (Lipinski definition) is 3. The summed E-state index contributed by atoms with van der Waals surface area (Å²) >= 11 is 0. The minimum atomic E-state index is -1.34. The molecule has 0 unspecified atom stereocenters. The first-order chi connectivity index (χ1) is 7.86. The lowest BCUT2D eigenvalue weighted by atomic mass is 10.2. The Bertz CT molecular complexity index is 159. The van der Waals surface area contributed by atoms with E-state index in [4.69, 9.17) is 4.43 Å². The van der Waals surface area contributed by atoms with Gasteiger partial charge in [-0.05, 0) is 25.9 Å². The van der Waals surface area contributed by atoms with Crippen LogP contribution >= 0.6 is 0 Å². The summed E-state index contributed by atoms with van der Waals surface area (Å²) in [5, 5.41) is 3.56. The van der Waals surface area contributed by atoms with Crippen molar-refractivity contribution < 1.29 is 4.43 Å². The fraction of sp³-hybridized carbons (Fsp3) is 1.00. The molecule has 0 aliphatic heterocycles. The average Bonchev–Trinajstić information content (AvgIpc) is 2.78. The van der Waals surface area contributed by atoms with Gasteiger partial charge >= 0.3 is 9.36 Å². The van der Waals surface area contributed by atoms with Crippen LogP contribution in [0, 0.1) is 0 Å². The van der Waals surface area contributed by atoms with E-state index in [0.29, 0.717) is 0 Å². The van der Waals surface area contributed by atoms with Gasteiger partial charge in [-0.2, -0.15) is 0 Å². The van der Waals surface area contributed by atoms with Crippen molar-refractivity contribution in [2.24, 2.45) is 0 Å². The molecule has 1 fully saturated rings. The summed E-state index contributed by atoms with van der Waals surface area (Å²) in [6, 6.07) is 0.752. The molecule has 1 rings (SSSR count). The van der Waals surface area contributed by atoms with Gasteiger partial charge < -0.3 is 19.7 Å². The highest BCUT2D eigenvalue weighted by atomic mass is 28.3. The predicted octanol–water partition coefficient (Wildman–Crippen LogP) is 0.471. The molecule has 0 aromatic heterocycles. The first-order valence-corrected chi connectivity index (χ1v) is 8.31. The fourth-order valence-electron chi connectivity index (χ4n) is 2.13. The third kappa shape index (κ3) is 5.96. The van der Waals surface area contributed by atoms with Crippen molar-refractivity contribution in [2.45, 2.75) is 45.6 Å². The standard InChI is InChI=1S/C11H27N3OSi/c1-3-13-16(14-4-2)15-10-9-12-11-7-5-6-8-11/h11-14,16H,3-10H2,1-2H3. The van der Waals surface area contributed by atoms with Crippen molar-refractivity contribution in [3.63, 3.8) is 0 Å². The van der Waals surface area contributed by atoms with E-state index in [1.807, 2.05) is 0 Å². The molecule has 0 radical (unpaired) electrons. The Morgan fingerprint density at radius 2 is 1.75 bits per heavy atom. The highest BCUT2D eigenvalue weighted by molar-refractivity contribution is 6.45. The summed E-state index contributed by atoms with van der Waals surface area (Å²) in [5.74, 6) is 0. The Hall–Kier alpha value is 0.0569. The van der Waals surface area contributed by atoms with Crippen LogP contribution in [0.4, 0.5) is 0 Å². The Kier molecular flexibility index (Phi) is 8.05. The molecule has 0 bridgehead atoms. The zero-order valence-corrected chi connectivity index (χ0v) is 11.9. The lowest BCUT2D eigenvalue weighted by Crippen LogP contribution is -2.50. The Balaban J connectivity index is 1.98. The van der Waals surface area contributed by atoms with E-state index < -0.39 is 9.36 Å². The minimum Gasteiger partial charge on any atom is -0.393 e. The van der Waals surface area contributed by atoms with Gasteiger partial charge in [0.1, 0.15) is 0 Å². The SMILES string of the molecule is CCN[SiH](NCC)OCCNC1CCCC1. The van der Waals surface area contributed by atoms with Crippen LogP contribution in [0.15, 0.2) is 0 Å². The summed E-state index contributed by atoms with van der Waals surface area (Å²) in [7, 11) is -1.34. The molecule has 4 nitrogen and oxygen atoms in total. The highest BCUT2D eigenvalue weighted by Crippen LogP contribution is 2.17. The predicted molar refractivity (Wildman–Crippen MR) is 70.7 cm³/mol. The molecule has 0 amide bonds. The van der Waals surface area contributed by atoms with Gasteiger partial charge in [0.25, 0.3) is 0 Å². The van der Waals surface area contributed by atoms with Crippen molar-refractivity contribution in [1.29, 1.82) is 0 Å². The lowest BCUT2D eigenvalue weighted by Gasteiger charge is -2.18. The number of hydrogen-bond acceptors (Lipinski definition) is 4. The van der Waals surface area contributed by atoms with Gasteiger partial charge in [0, 0.05) is 19.2 Å². The van der Waals surface area contributed by atoms with Gasteiger partial charge in [-0.1, -0.05) is 26.7 Å². The summed E-state index contributed by atoms with van der Waals surface area (Å²) in [6.45, 7) is 8.03. The third-order valence-electron chi connectivity index (χ3n) is 2.95. The molecule has 0 atom stereocenters. The molecule has 0 aromatic rings. The largest absolute Gasteiger partial charge is 0.393 e. The van der Waals surface area contributed by atoms with Crippen molar-refractivity contribution in [1.82, 2.24) is 15.3 Å². The molecular formula is C11H27N3OSi. The van der Waals surface area contributed by atoms with E-state index in [9.17, 15) is 0 Å². The zero-order chi connectivity index (χ0) is 11.6. The molecule has 1 saturated carbocycles. The van der Waals surface area contributed by atoms with Gasteiger partial charge in [-0.25, -0.2) is 0 Å².